The van der Waals surface area contributed by atoms with Crippen molar-refractivity contribution in [3.63, 3.8) is 0 Å². The van der Waals surface area contributed by atoms with E-state index in [1.807, 2.05) is 6.92 Å². The monoisotopic (exact) mass is 118 g/mol. The zero-order chi connectivity index (χ0) is 6.99. The van der Waals surface area contributed by atoms with Crippen LogP contribution in [0.1, 0.15) is 6.92 Å². The summed E-state index contributed by atoms with van der Waals surface area (Å²) in [4.78, 5) is 11.2. The summed E-state index contributed by atoms with van der Waals surface area (Å²) >= 11 is 0. The van der Waals surface area contributed by atoms with Gasteiger partial charge in [-0.15, -0.1) is 0 Å². The first-order valence-corrected chi connectivity index (χ1v) is 2.54. The molecule has 0 saturated heterocycles. The molecule has 0 aliphatic heterocycles. The highest BCUT2D eigenvalue weighted by atomic mass is 16.1. The van der Waals surface area contributed by atoms with Crippen LogP contribution in [-0.4, -0.2) is 32.0 Å². The fourth-order valence-electron chi connectivity index (χ4n) is 0.0745. The van der Waals surface area contributed by atoms with Crippen LogP contribution in [-0.2, 0) is 4.79 Å². The molecule has 0 aromatic carbocycles. The Kier molecular flexibility index (Phi) is 12.6. The van der Waals surface area contributed by atoms with Gasteiger partial charge in [0.05, 0.1) is 0 Å². The summed E-state index contributed by atoms with van der Waals surface area (Å²) in [5.74, 6) is 0. The molecule has 0 bridgehead atoms. The molecule has 3 nitrogen and oxygen atoms in total. The van der Waals surface area contributed by atoms with E-state index in [4.69, 9.17) is 0 Å². The topological polar surface area (TPSA) is 46.3 Å². The molecule has 0 fully saturated rings. The third kappa shape index (κ3) is 9.06. The predicted molar refractivity (Wildman–Crippen MR) is 34.5 cm³/mol. The van der Waals surface area contributed by atoms with E-state index in [-0.39, 0.29) is 0 Å². The molecule has 0 saturated carbocycles. The van der Waals surface area contributed by atoms with Crippen LogP contribution < -0.4 is 5.73 Å². The lowest BCUT2D eigenvalue weighted by Gasteiger charge is -2.01. The van der Waals surface area contributed by atoms with Gasteiger partial charge in [0.25, 0.3) is 0 Å². The maximum absolute atomic E-state index is 9.66. The summed E-state index contributed by atoms with van der Waals surface area (Å²) in [5.41, 5.74) is 4.50. The van der Waals surface area contributed by atoms with E-state index >= 15 is 0 Å². The van der Waals surface area contributed by atoms with E-state index in [0.29, 0.717) is 0 Å². The van der Waals surface area contributed by atoms with Crippen LogP contribution in [0.3, 0.4) is 0 Å². The average molecular weight is 118 g/mol. The molecule has 50 valence electrons. The predicted octanol–water partition coefficient (Wildman–Crippen LogP) is -0.331. The lowest BCUT2D eigenvalue weighted by molar-refractivity contribution is -0.116. The molecule has 0 aliphatic carbocycles. The molecule has 0 heterocycles. The molecule has 0 aromatic heterocycles. The number of carbonyl (C=O) groups is 1. The number of nitrogens with two attached hydrogens (primary N) is 1. The Morgan fingerprint density at radius 3 is 2.00 bits per heavy atom. The molecule has 0 aliphatic rings. The van der Waals surface area contributed by atoms with Crippen molar-refractivity contribution in [2.24, 2.45) is 5.73 Å². The van der Waals surface area contributed by atoms with Crippen LogP contribution in [0.2, 0.25) is 0 Å². The van der Waals surface area contributed by atoms with Gasteiger partial charge < -0.3 is 10.6 Å². The lowest BCUT2D eigenvalue weighted by atomic mass is 10.7. The van der Waals surface area contributed by atoms with Gasteiger partial charge in [-0.05, 0) is 14.0 Å². The minimum absolute atomic E-state index is 0.795. The molecule has 0 radical (unpaired) electrons. The van der Waals surface area contributed by atoms with Gasteiger partial charge in [0.2, 0.25) is 6.41 Å². The Labute approximate surface area is 50.5 Å². The third-order valence-corrected chi connectivity index (χ3v) is 0.679. The Bertz CT molecular complexity index is 47.7. The van der Waals surface area contributed by atoms with Gasteiger partial charge >= 0.3 is 0 Å². The molecular formula is C5H14N2O. The van der Waals surface area contributed by atoms with Crippen LogP contribution in [0.4, 0.5) is 0 Å². The van der Waals surface area contributed by atoms with Crippen LogP contribution in [0, 0.1) is 0 Å². The third-order valence-electron chi connectivity index (χ3n) is 0.679. The number of carbonyl (C=O) groups excluding carboxylic acids is 1. The van der Waals surface area contributed by atoms with Gasteiger partial charge in [0.15, 0.2) is 0 Å². The van der Waals surface area contributed by atoms with Gasteiger partial charge in [-0.1, -0.05) is 0 Å². The van der Waals surface area contributed by atoms with Crippen molar-refractivity contribution in [3.8, 4) is 0 Å². The van der Waals surface area contributed by atoms with Crippen molar-refractivity contribution in [2.45, 2.75) is 6.92 Å². The summed E-state index contributed by atoms with van der Waals surface area (Å²) in [6, 6.07) is 0. The van der Waals surface area contributed by atoms with Crippen molar-refractivity contribution < 1.29 is 4.79 Å². The fourth-order valence-corrected chi connectivity index (χ4v) is 0.0745. The standard InChI is InChI=1S/C4H9NO.CH5N/c1-3-5(2)4-6;1-2/h4H,3H2,1-2H3;2H2,1H3. The van der Waals surface area contributed by atoms with Gasteiger partial charge in [-0.2, -0.15) is 0 Å². The largest absolute Gasteiger partial charge is 0.349 e. The molecule has 1 amide bonds. The van der Waals surface area contributed by atoms with Crippen molar-refractivity contribution in [1.29, 1.82) is 0 Å². The number of hydrogen-bond acceptors (Lipinski definition) is 2. The maximum atomic E-state index is 9.66. The van der Waals surface area contributed by atoms with Crippen molar-refractivity contribution in [3.05, 3.63) is 0 Å². The van der Waals surface area contributed by atoms with E-state index in [2.05, 4.69) is 5.73 Å². The van der Waals surface area contributed by atoms with E-state index in [1.54, 1.807) is 11.9 Å². The minimum atomic E-state index is 0.795. The Balaban J connectivity index is 0. The summed E-state index contributed by atoms with van der Waals surface area (Å²) in [6.45, 7) is 2.72. The first-order chi connectivity index (χ1) is 3.81. The highest BCUT2D eigenvalue weighted by Gasteiger charge is 1.79. The Hall–Kier alpha value is -0.570. The molecule has 0 atom stereocenters. The van der Waals surface area contributed by atoms with Crippen LogP contribution in [0.5, 0.6) is 0 Å². The average Bonchev–Trinajstić information content (AvgIpc) is 1.91. The second-order valence-electron chi connectivity index (χ2n) is 1.18. The van der Waals surface area contributed by atoms with Crippen LogP contribution >= 0.6 is 0 Å². The number of rotatable bonds is 2. The Morgan fingerprint density at radius 1 is 1.62 bits per heavy atom. The molecular weight excluding hydrogens is 104 g/mol. The zero-order valence-electron chi connectivity index (χ0n) is 5.72. The number of amides is 1. The van der Waals surface area contributed by atoms with Gasteiger partial charge in [0.1, 0.15) is 0 Å². The normalized spacial score (nSPS) is 6.50. The number of nitrogens with zero attached hydrogens (tertiary/aromatic N) is 1. The summed E-state index contributed by atoms with van der Waals surface area (Å²) in [7, 11) is 3.24. The first-order valence-electron chi connectivity index (χ1n) is 2.54. The molecule has 0 unspecified atom stereocenters. The molecule has 3 heteroatoms. The highest BCUT2D eigenvalue weighted by molar-refractivity contribution is 5.45. The molecule has 0 rings (SSSR count). The first kappa shape index (κ1) is 10.4. The Morgan fingerprint density at radius 2 is 2.00 bits per heavy atom. The van der Waals surface area contributed by atoms with Crippen molar-refractivity contribution >= 4 is 6.41 Å². The van der Waals surface area contributed by atoms with Crippen molar-refractivity contribution in [2.75, 3.05) is 20.6 Å². The van der Waals surface area contributed by atoms with E-state index in [9.17, 15) is 4.79 Å². The summed E-state index contributed by atoms with van der Waals surface area (Å²) in [5, 5.41) is 0. The second kappa shape index (κ2) is 9.66. The summed E-state index contributed by atoms with van der Waals surface area (Å²) in [6.07, 6.45) is 0.806. The number of hydrogen-bond donors (Lipinski definition) is 1. The van der Waals surface area contributed by atoms with Crippen LogP contribution in [0.25, 0.3) is 0 Å². The fraction of sp³-hybridized carbons (Fsp3) is 0.800. The molecule has 0 aromatic rings. The zero-order valence-corrected chi connectivity index (χ0v) is 5.72. The summed E-state index contributed by atoms with van der Waals surface area (Å²) < 4.78 is 0. The highest BCUT2D eigenvalue weighted by Crippen LogP contribution is 1.66. The SMILES string of the molecule is CCN(C)C=O.CN. The smallest absolute Gasteiger partial charge is 0.209 e. The van der Waals surface area contributed by atoms with E-state index < -0.39 is 0 Å². The van der Waals surface area contributed by atoms with Crippen molar-refractivity contribution in [1.82, 2.24) is 4.90 Å². The van der Waals surface area contributed by atoms with Gasteiger partial charge in [0, 0.05) is 13.6 Å². The maximum Gasteiger partial charge on any atom is 0.209 e. The van der Waals surface area contributed by atoms with E-state index in [1.165, 1.54) is 7.05 Å². The second-order valence-corrected chi connectivity index (χ2v) is 1.18. The van der Waals surface area contributed by atoms with E-state index in [0.717, 1.165) is 13.0 Å². The van der Waals surface area contributed by atoms with Gasteiger partial charge in [-0.25, -0.2) is 0 Å². The van der Waals surface area contributed by atoms with Crippen LogP contribution in [0.15, 0.2) is 0 Å². The lowest BCUT2D eigenvalue weighted by Crippen LogP contribution is -2.13. The van der Waals surface area contributed by atoms with Gasteiger partial charge in [-0.3, -0.25) is 4.79 Å². The molecule has 0 spiro atoms. The minimum Gasteiger partial charge on any atom is -0.349 e. The molecule has 8 heavy (non-hydrogen) atoms. The molecule has 2 N–H and O–H groups in total. The quantitative estimate of drug-likeness (QED) is 0.505.